The molecule has 0 atom stereocenters. The normalized spacial score (nSPS) is 11.8. The van der Waals surface area contributed by atoms with Gasteiger partial charge in [-0.05, 0) is 12.1 Å². The summed E-state index contributed by atoms with van der Waals surface area (Å²) in [5.41, 5.74) is -0.110. The van der Waals surface area contributed by atoms with Gasteiger partial charge in [0.25, 0.3) is 10.0 Å². The van der Waals surface area contributed by atoms with Crippen LogP contribution in [0.5, 0.6) is 0 Å². The molecular weight excluding hydrogens is 335 g/mol. The highest BCUT2D eigenvalue weighted by atomic mass is 35.5. The minimum absolute atomic E-state index is 0.0674. The number of anilines is 1. The molecule has 0 aliphatic carbocycles. The molecule has 108 valence electrons. The van der Waals surface area contributed by atoms with Crippen LogP contribution in [0.2, 0.25) is 10.0 Å². The van der Waals surface area contributed by atoms with Gasteiger partial charge in [0.2, 0.25) is 0 Å². The van der Waals surface area contributed by atoms with Gasteiger partial charge >= 0.3 is 6.55 Å². The number of hydrogen-bond acceptors (Lipinski definition) is 3. The van der Waals surface area contributed by atoms with Crippen LogP contribution in [-0.2, 0) is 10.0 Å². The molecule has 20 heavy (non-hydrogen) atoms. The second-order valence-corrected chi connectivity index (χ2v) is 6.08. The van der Waals surface area contributed by atoms with Crippen molar-refractivity contribution in [3.63, 3.8) is 0 Å². The Morgan fingerprint density at radius 3 is 2.60 bits per heavy atom. The van der Waals surface area contributed by atoms with Crippen molar-refractivity contribution in [2.45, 2.75) is 11.4 Å². The minimum atomic E-state index is -4.04. The molecule has 0 unspecified atom stereocenters. The van der Waals surface area contributed by atoms with Crippen LogP contribution in [0.3, 0.4) is 0 Å². The van der Waals surface area contributed by atoms with E-state index in [1.807, 2.05) is 0 Å². The van der Waals surface area contributed by atoms with E-state index in [4.69, 9.17) is 23.2 Å². The Kier molecular flexibility index (Phi) is 4.17. The van der Waals surface area contributed by atoms with Crippen LogP contribution in [-0.4, -0.2) is 18.2 Å². The Morgan fingerprint density at radius 2 is 2.00 bits per heavy atom. The molecule has 1 aromatic heterocycles. The highest BCUT2D eigenvalue weighted by Gasteiger charge is 2.20. The highest BCUT2D eigenvalue weighted by molar-refractivity contribution is 7.92. The van der Waals surface area contributed by atoms with E-state index < -0.39 is 16.6 Å². The predicted molar refractivity (Wildman–Crippen MR) is 70.8 cm³/mol. The zero-order valence-corrected chi connectivity index (χ0v) is 11.9. The molecule has 0 radical (unpaired) electrons. The van der Waals surface area contributed by atoms with Crippen LogP contribution in [0.25, 0.3) is 0 Å². The second kappa shape index (κ2) is 5.55. The Hall–Kier alpha value is -1.38. The molecule has 5 nitrogen and oxygen atoms in total. The molecule has 0 spiro atoms. The number of alkyl halides is 2. The fourth-order valence-electron chi connectivity index (χ4n) is 1.40. The lowest BCUT2D eigenvalue weighted by molar-refractivity contribution is 0.0566. The third kappa shape index (κ3) is 3.02. The molecule has 2 aromatic rings. The average Bonchev–Trinajstić information content (AvgIpc) is 2.80. The Labute approximate surface area is 123 Å². The minimum Gasteiger partial charge on any atom is -0.276 e. The standard InChI is InChI=1S/C10H7Cl2F2N3O2S/c11-7-2-1-3-8(9(7)12)20(18,19)16-6-4-15-17(5-6)10(13)14/h1-5,10,16H. The van der Waals surface area contributed by atoms with Gasteiger partial charge in [-0.1, -0.05) is 29.3 Å². The maximum Gasteiger partial charge on any atom is 0.333 e. The van der Waals surface area contributed by atoms with Gasteiger partial charge in [0.05, 0.1) is 28.1 Å². The van der Waals surface area contributed by atoms with Crippen molar-refractivity contribution in [1.29, 1.82) is 0 Å². The van der Waals surface area contributed by atoms with E-state index in [0.717, 1.165) is 12.4 Å². The maximum absolute atomic E-state index is 12.3. The molecule has 0 amide bonds. The van der Waals surface area contributed by atoms with E-state index in [9.17, 15) is 17.2 Å². The number of sulfonamides is 1. The third-order valence-electron chi connectivity index (χ3n) is 2.26. The number of nitrogens with zero attached hydrogens (tertiary/aromatic N) is 2. The van der Waals surface area contributed by atoms with Gasteiger partial charge in [0, 0.05) is 0 Å². The van der Waals surface area contributed by atoms with Crippen molar-refractivity contribution in [2.24, 2.45) is 0 Å². The van der Waals surface area contributed by atoms with Crippen LogP contribution < -0.4 is 4.72 Å². The summed E-state index contributed by atoms with van der Waals surface area (Å²) in [6.45, 7) is -2.86. The molecule has 1 aromatic carbocycles. The summed E-state index contributed by atoms with van der Waals surface area (Å²) in [5, 5.41) is 3.23. The topological polar surface area (TPSA) is 64.0 Å². The summed E-state index contributed by atoms with van der Waals surface area (Å²) in [4.78, 5) is -0.253. The van der Waals surface area contributed by atoms with E-state index in [0.29, 0.717) is 4.68 Å². The van der Waals surface area contributed by atoms with Gasteiger partial charge < -0.3 is 0 Å². The molecule has 0 saturated heterocycles. The first-order valence-corrected chi connectivity index (χ1v) is 7.34. The van der Waals surface area contributed by atoms with Crippen molar-refractivity contribution < 1.29 is 17.2 Å². The smallest absolute Gasteiger partial charge is 0.276 e. The van der Waals surface area contributed by atoms with Crippen molar-refractivity contribution in [2.75, 3.05) is 4.72 Å². The van der Waals surface area contributed by atoms with E-state index in [1.165, 1.54) is 18.2 Å². The van der Waals surface area contributed by atoms with Crippen molar-refractivity contribution in [1.82, 2.24) is 9.78 Å². The zero-order chi connectivity index (χ0) is 14.9. The number of hydrogen-bond donors (Lipinski definition) is 1. The quantitative estimate of drug-likeness (QED) is 0.926. The summed E-state index contributed by atoms with van der Waals surface area (Å²) in [5.74, 6) is 0. The molecule has 0 aliphatic heterocycles. The summed E-state index contributed by atoms with van der Waals surface area (Å²) in [6.07, 6.45) is 1.82. The highest BCUT2D eigenvalue weighted by Crippen LogP contribution is 2.30. The van der Waals surface area contributed by atoms with Crippen LogP contribution >= 0.6 is 23.2 Å². The lowest BCUT2D eigenvalue weighted by atomic mass is 10.4. The number of nitrogens with one attached hydrogen (secondary N) is 1. The van der Waals surface area contributed by atoms with Crippen LogP contribution in [0.4, 0.5) is 14.5 Å². The monoisotopic (exact) mass is 341 g/mol. The molecule has 0 aliphatic rings. The van der Waals surface area contributed by atoms with Crippen LogP contribution in [0, 0.1) is 0 Å². The van der Waals surface area contributed by atoms with Gasteiger partial charge in [-0.15, -0.1) is 0 Å². The van der Waals surface area contributed by atoms with E-state index >= 15 is 0 Å². The molecule has 2 rings (SSSR count). The lowest BCUT2D eigenvalue weighted by Gasteiger charge is -2.08. The molecule has 1 N–H and O–H groups in total. The summed E-state index contributed by atoms with van der Waals surface area (Å²) < 4.78 is 51.2. The molecule has 10 heteroatoms. The third-order valence-corrected chi connectivity index (χ3v) is 4.61. The van der Waals surface area contributed by atoms with Crippen LogP contribution in [0.15, 0.2) is 35.5 Å². The molecule has 0 fully saturated rings. The number of aromatic nitrogens is 2. The van der Waals surface area contributed by atoms with Crippen molar-refractivity contribution in [3.05, 3.63) is 40.6 Å². The van der Waals surface area contributed by atoms with Gasteiger partial charge in [0.15, 0.2) is 0 Å². The predicted octanol–water partition coefficient (Wildman–Crippen LogP) is 3.39. The molecule has 0 saturated carbocycles. The van der Waals surface area contributed by atoms with E-state index in [1.54, 1.807) is 0 Å². The number of rotatable bonds is 4. The number of halogens is 4. The zero-order valence-electron chi connectivity index (χ0n) is 9.60. The lowest BCUT2D eigenvalue weighted by Crippen LogP contribution is -2.13. The largest absolute Gasteiger partial charge is 0.333 e. The maximum atomic E-state index is 12.3. The Balaban J connectivity index is 2.33. The summed E-state index contributed by atoms with van der Waals surface area (Å²) >= 11 is 11.5. The average molecular weight is 342 g/mol. The first kappa shape index (κ1) is 15.0. The molecule has 0 bridgehead atoms. The van der Waals surface area contributed by atoms with Gasteiger partial charge in [-0.2, -0.15) is 13.9 Å². The van der Waals surface area contributed by atoms with E-state index in [2.05, 4.69) is 9.82 Å². The first-order valence-electron chi connectivity index (χ1n) is 5.10. The van der Waals surface area contributed by atoms with Crippen molar-refractivity contribution >= 4 is 38.9 Å². The second-order valence-electron chi connectivity index (χ2n) is 3.64. The SMILES string of the molecule is O=S(=O)(Nc1cnn(C(F)F)c1)c1cccc(Cl)c1Cl. The van der Waals surface area contributed by atoms with Gasteiger partial charge in [0.1, 0.15) is 4.90 Å². The van der Waals surface area contributed by atoms with Crippen LogP contribution in [0.1, 0.15) is 6.55 Å². The summed E-state index contributed by atoms with van der Waals surface area (Å²) in [7, 11) is -4.04. The summed E-state index contributed by atoms with van der Waals surface area (Å²) in [6, 6.07) is 4.08. The number of benzene rings is 1. The van der Waals surface area contributed by atoms with Gasteiger partial charge in [-0.25, -0.2) is 13.1 Å². The molecule has 1 heterocycles. The Bertz CT molecular complexity index is 734. The van der Waals surface area contributed by atoms with Crippen molar-refractivity contribution in [3.8, 4) is 0 Å². The van der Waals surface area contributed by atoms with Gasteiger partial charge in [-0.3, -0.25) is 4.72 Å². The first-order chi connectivity index (χ1) is 9.31. The van der Waals surface area contributed by atoms with E-state index in [-0.39, 0.29) is 20.6 Å². The fraction of sp³-hybridized carbons (Fsp3) is 0.100. The Morgan fingerprint density at radius 1 is 1.30 bits per heavy atom. The molecular formula is C10H7Cl2F2N3O2S. The fourth-order valence-corrected chi connectivity index (χ4v) is 3.19.